The molecule has 0 fully saturated rings. The molecule has 0 saturated carbocycles. The second-order valence-corrected chi connectivity index (χ2v) is 7.65. The van der Waals surface area contributed by atoms with Crippen molar-refractivity contribution in [1.29, 1.82) is 0 Å². The lowest BCUT2D eigenvalue weighted by Gasteiger charge is -2.28. The van der Waals surface area contributed by atoms with E-state index in [2.05, 4.69) is 93.3 Å². The fraction of sp³-hybridized carbons (Fsp3) is 0.308. The summed E-state index contributed by atoms with van der Waals surface area (Å²) in [6, 6.07) is 21.9. The minimum Gasteiger partial charge on any atom is -0.265 e. The second kappa shape index (κ2) is 8.99. The Morgan fingerprint density at radius 1 is 0.852 bits per heavy atom. The predicted molar refractivity (Wildman–Crippen MR) is 115 cm³/mol. The SMILES string of the molecule is CCC(C)[C](c1ccncc1)c1cccc(Cc2ccccc2)c1C(C)C. The van der Waals surface area contributed by atoms with Crippen molar-refractivity contribution in [1.82, 2.24) is 4.98 Å². The number of nitrogens with zero attached hydrogens (tertiary/aromatic N) is 1. The zero-order valence-electron chi connectivity index (χ0n) is 16.9. The lowest BCUT2D eigenvalue weighted by Crippen LogP contribution is -2.16. The van der Waals surface area contributed by atoms with Gasteiger partial charge in [0.2, 0.25) is 0 Å². The van der Waals surface area contributed by atoms with Gasteiger partial charge in [-0.05, 0) is 58.2 Å². The predicted octanol–water partition coefficient (Wildman–Crippen LogP) is 6.81. The molecule has 139 valence electrons. The van der Waals surface area contributed by atoms with E-state index in [1.807, 2.05) is 12.4 Å². The number of aromatic nitrogens is 1. The van der Waals surface area contributed by atoms with E-state index in [1.165, 1.54) is 33.7 Å². The molecular weight excluding hydrogens is 326 g/mol. The summed E-state index contributed by atoms with van der Waals surface area (Å²) in [5.74, 6) is 2.41. The molecule has 0 amide bonds. The van der Waals surface area contributed by atoms with Crippen LogP contribution in [0.2, 0.25) is 0 Å². The highest BCUT2D eigenvalue weighted by atomic mass is 14.6. The Morgan fingerprint density at radius 2 is 1.56 bits per heavy atom. The Balaban J connectivity index is 2.11. The summed E-state index contributed by atoms with van der Waals surface area (Å²) in [6.45, 7) is 9.24. The molecular formula is C26H30N. The van der Waals surface area contributed by atoms with E-state index >= 15 is 0 Å². The largest absolute Gasteiger partial charge is 0.265 e. The summed E-state index contributed by atoms with van der Waals surface area (Å²) in [6.07, 6.45) is 5.91. The maximum absolute atomic E-state index is 4.22. The molecule has 1 heteroatoms. The third-order valence-electron chi connectivity index (χ3n) is 5.40. The van der Waals surface area contributed by atoms with Crippen LogP contribution < -0.4 is 0 Å². The van der Waals surface area contributed by atoms with Crippen molar-refractivity contribution < 1.29 is 0 Å². The van der Waals surface area contributed by atoms with Crippen molar-refractivity contribution in [3.8, 4) is 0 Å². The van der Waals surface area contributed by atoms with E-state index in [0.29, 0.717) is 11.8 Å². The lowest BCUT2D eigenvalue weighted by molar-refractivity contribution is 0.606. The first-order valence-electron chi connectivity index (χ1n) is 10.0. The Hall–Kier alpha value is -2.41. The molecule has 3 rings (SSSR count). The van der Waals surface area contributed by atoms with Gasteiger partial charge in [-0.2, -0.15) is 0 Å². The number of pyridine rings is 1. The van der Waals surface area contributed by atoms with E-state index in [1.54, 1.807) is 0 Å². The quantitative estimate of drug-likeness (QED) is 0.453. The fourth-order valence-corrected chi connectivity index (χ4v) is 3.94. The Bertz CT molecular complexity index is 837. The molecule has 1 unspecified atom stereocenters. The molecule has 1 radical (unpaired) electrons. The molecule has 0 saturated heterocycles. The van der Waals surface area contributed by atoms with Crippen molar-refractivity contribution in [2.24, 2.45) is 5.92 Å². The van der Waals surface area contributed by atoms with Crippen LogP contribution in [0.4, 0.5) is 0 Å². The topological polar surface area (TPSA) is 12.9 Å². The van der Waals surface area contributed by atoms with Gasteiger partial charge in [0.25, 0.3) is 0 Å². The fourth-order valence-electron chi connectivity index (χ4n) is 3.94. The standard InChI is InChI=1S/C26H30N/c1-5-20(4)26(22-14-16-27-17-15-22)24-13-9-12-23(25(24)19(2)3)18-21-10-7-6-8-11-21/h6-17,19-20H,5,18H2,1-4H3. The maximum Gasteiger partial charge on any atom is 0.0372 e. The van der Waals surface area contributed by atoms with Crippen molar-refractivity contribution in [3.05, 3.63) is 107 Å². The van der Waals surface area contributed by atoms with Crippen LogP contribution in [0.25, 0.3) is 0 Å². The number of hydrogen-bond donors (Lipinski definition) is 0. The van der Waals surface area contributed by atoms with Crippen LogP contribution >= 0.6 is 0 Å². The lowest BCUT2D eigenvalue weighted by atomic mass is 9.75. The van der Waals surface area contributed by atoms with Crippen LogP contribution in [-0.4, -0.2) is 4.98 Å². The van der Waals surface area contributed by atoms with Gasteiger partial charge in [0.05, 0.1) is 0 Å². The summed E-state index contributed by atoms with van der Waals surface area (Å²) in [4.78, 5) is 4.22. The first kappa shape index (κ1) is 19.4. The zero-order chi connectivity index (χ0) is 19.2. The number of benzene rings is 2. The van der Waals surface area contributed by atoms with Gasteiger partial charge in [-0.1, -0.05) is 82.6 Å². The van der Waals surface area contributed by atoms with Gasteiger partial charge >= 0.3 is 0 Å². The van der Waals surface area contributed by atoms with Crippen LogP contribution in [0.3, 0.4) is 0 Å². The highest BCUT2D eigenvalue weighted by molar-refractivity contribution is 5.54. The summed E-state index contributed by atoms with van der Waals surface area (Å²) in [7, 11) is 0. The minimum absolute atomic E-state index is 0.473. The summed E-state index contributed by atoms with van der Waals surface area (Å²) in [5.41, 5.74) is 6.97. The monoisotopic (exact) mass is 356 g/mol. The van der Waals surface area contributed by atoms with Gasteiger partial charge in [0.1, 0.15) is 0 Å². The van der Waals surface area contributed by atoms with Gasteiger partial charge < -0.3 is 0 Å². The van der Waals surface area contributed by atoms with Crippen LogP contribution in [0.1, 0.15) is 67.9 Å². The third kappa shape index (κ3) is 4.47. The van der Waals surface area contributed by atoms with E-state index in [-0.39, 0.29) is 0 Å². The molecule has 0 aliphatic carbocycles. The van der Waals surface area contributed by atoms with Gasteiger partial charge in [-0.15, -0.1) is 0 Å². The molecule has 1 aromatic heterocycles. The third-order valence-corrected chi connectivity index (χ3v) is 5.40. The van der Waals surface area contributed by atoms with Crippen LogP contribution in [0, 0.1) is 11.8 Å². The van der Waals surface area contributed by atoms with Gasteiger partial charge in [-0.3, -0.25) is 4.98 Å². The highest BCUT2D eigenvalue weighted by Crippen LogP contribution is 2.38. The van der Waals surface area contributed by atoms with Crippen LogP contribution in [0.15, 0.2) is 73.1 Å². The van der Waals surface area contributed by atoms with E-state index in [0.717, 1.165) is 12.8 Å². The molecule has 1 heterocycles. The molecule has 0 spiro atoms. The van der Waals surface area contributed by atoms with Crippen LogP contribution in [0.5, 0.6) is 0 Å². The van der Waals surface area contributed by atoms with E-state index in [4.69, 9.17) is 0 Å². The van der Waals surface area contributed by atoms with E-state index < -0.39 is 0 Å². The number of rotatable bonds is 7. The Labute approximate surface area is 164 Å². The average molecular weight is 357 g/mol. The van der Waals surface area contributed by atoms with Crippen molar-refractivity contribution in [3.63, 3.8) is 0 Å². The molecule has 27 heavy (non-hydrogen) atoms. The van der Waals surface area contributed by atoms with Crippen LogP contribution in [-0.2, 0) is 6.42 Å². The molecule has 2 aromatic carbocycles. The summed E-state index contributed by atoms with van der Waals surface area (Å²) in [5, 5.41) is 0. The zero-order valence-corrected chi connectivity index (χ0v) is 16.9. The molecule has 0 aliphatic heterocycles. The smallest absolute Gasteiger partial charge is 0.0372 e. The maximum atomic E-state index is 4.22. The Kier molecular flexibility index (Phi) is 6.45. The van der Waals surface area contributed by atoms with Crippen molar-refractivity contribution >= 4 is 0 Å². The highest BCUT2D eigenvalue weighted by Gasteiger charge is 2.25. The molecule has 3 aromatic rings. The normalized spacial score (nSPS) is 12.5. The first-order valence-corrected chi connectivity index (χ1v) is 10.0. The molecule has 0 bridgehead atoms. The van der Waals surface area contributed by atoms with Crippen molar-refractivity contribution in [2.45, 2.75) is 46.5 Å². The van der Waals surface area contributed by atoms with E-state index in [9.17, 15) is 0 Å². The van der Waals surface area contributed by atoms with Gasteiger partial charge in [0.15, 0.2) is 0 Å². The molecule has 1 atom stereocenters. The van der Waals surface area contributed by atoms with Gasteiger partial charge in [0, 0.05) is 18.3 Å². The average Bonchev–Trinajstić information content (AvgIpc) is 2.69. The molecule has 0 N–H and O–H groups in total. The molecule has 1 nitrogen and oxygen atoms in total. The second-order valence-electron chi connectivity index (χ2n) is 7.65. The first-order chi connectivity index (χ1) is 13.1. The Morgan fingerprint density at radius 3 is 2.19 bits per heavy atom. The van der Waals surface area contributed by atoms with Crippen molar-refractivity contribution in [2.75, 3.05) is 0 Å². The van der Waals surface area contributed by atoms with Gasteiger partial charge in [-0.25, -0.2) is 0 Å². The minimum atomic E-state index is 0.473. The molecule has 0 aliphatic rings. The summed E-state index contributed by atoms with van der Waals surface area (Å²) < 4.78 is 0. The summed E-state index contributed by atoms with van der Waals surface area (Å²) >= 11 is 0. The number of hydrogen-bond acceptors (Lipinski definition) is 1.